The summed E-state index contributed by atoms with van der Waals surface area (Å²) in [6, 6.07) is 7.86. The van der Waals surface area contributed by atoms with Gasteiger partial charge >= 0.3 is 0 Å². The van der Waals surface area contributed by atoms with Crippen LogP contribution in [0, 0.1) is 0 Å². The topological polar surface area (TPSA) is 39.9 Å². The molecule has 5 heteroatoms. The summed E-state index contributed by atoms with van der Waals surface area (Å²) in [4.78, 5) is 4.47. The third-order valence-electron chi connectivity index (χ3n) is 3.08. The minimum Gasteiger partial charge on any atom is -0.356 e. The average molecular weight is 308 g/mol. The smallest absolute Gasteiger partial charge is 0.150 e. The fraction of sp³-hybridized carbons (Fsp3) is 0.385. The highest BCUT2D eigenvalue weighted by molar-refractivity contribution is 9.10. The molecular weight excluding hydrogens is 294 g/mol. The first-order valence-electron chi connectivity index (χ1n) is 6.12. The lowest BCUT2D eigenvalue weighted by Crippen LogP contribution is -2.20. The van der Waals surface area contributed by atoms with E-state index in [9.17, 15) is 0 Å². The second-order valence-corrected chi connectivity index (χ2v) is 5.14. The number of pyridine rings is 1. The van der Waals surface area contributed by atoms with Crippen LogP contribution in [0.15, 0.2) is 35.1 Å². The molecule has 1 saturated heterocycles. The van der Waals surface area contributed by atoms with Gasteiger partial charge in [-0.15, -0.1) is 0 Å². The van der Waals surface area contributed by atoms with Gasteiger partial charge in [0.2, 0.25) is 0 Å². The van der Waals surface area contributed by atoms with Crippen molar-refractivity contribution < 1.29 is 4.74 Å². The second-order valence-electron chi connectivity index (χ2n) is 4.33. The van der Waals surface area contributed by atoms with E-state index in [2.05, 4.69) is 26.0 Å². The Labute approximate surface area is 114 Å². The average Bonchev–Trinajstić information content (AvgIpc) is 2.89. The minimum atomic E-state index is 0.0459. The van der Waals surface area contributed by atoms with Gasteiger partial charge in [-0.05, 0) is 53.4 Å². The summed E-state index contributed by atoms with van der Waals surface area (Å²) in [5.74, 6) is 0. The first kappa shape index (κ1) is 11.9. The summed E-state index contributed by atoms with van der Waals surface area (Å²) in [5, 5.41) is 4.38. The van der Waals surface area contributed by atoms with Gasteiger partial charge in [-0.1, -0.05) is 6.07 Å². The van der Waals surface area contributed by atoms with Crippen molar-refractivity contribution in [2.24, 2.45) is 0 Å². The zero-order valence-electron chi connectivity index (χ0n) is 9.92. The molecule has 1 atom stereocenters. The highest BCUT2D eigenvalue weighted by atomic mass is 79.9. The van der Waals surface area contributed by atoms with Gasteiger partial charge in [-0.2, -0.15) is 5.10 Å². The molecular formula is C13H14BrN3O. The molecule has 0 aromatic carbocycles. The van der Waals surface area contributed by atoms with Gasteiger partial charge in [0.15, 0.2) is 6.23 Å². The lowest BCUT2D eigenvalue weighted by Gasteiger charge is -2.24. The molecule has 2 aromatic rings. The lowest BCUT2D eigenvalue weighted by atomic mass is 10.2. The Hall–Kier alpha value is -1.20. The van der Waals surface area contributed by atoms with Gasteiger partial charge in [0, 0.05) is 12.8 Å². The molecule has 0 aliphatic carbocycles. The molecule has 0 saturated carbocycles. The van der Waals surface area contributed by atoms with Gasteiger partial charge in [-0.3, -0.25) is 0 Å². The predicted molar refractivity (Wildman–Crippen MR) is 72.0 cm³/mol. The van der Waals surface area contributed by atoms with Crippen molar-refractivity contribution in [3.05, 3.63) is 35.1 Å². The van der Waals surface area contributed by atoms with Crippen molar-refractivity contribution in [2.75, 3.05) is 6.61 Å². The van der Waals surface area contributed by atoms with Crippen LogP contribution in [0.3, 0.4) is 0 Å². The van der Waals surface area contributed by atoms with E-state index in [1.165, 1.54) is 6.42 Å². The number of hydrogen-bond acceptors (Lipinski definition) is 3. The Bertz CT molecular complexity index is 535. The van der Waals surface area contributed by atoms with Crippen LogP contribution in [0.4, 0.5) is 0 Å². The molecule has 1 unspecified atom stereocenters. The number of hydrogen-bond donors (Lipinski definition) is 0. The van der Waals surface area contributed by atoms with Gasteiger partial charge in [-0.25, -0.2) is 9.67 Å². The standard InChI is InChI=1S/C13H14BrN3O/c14-12-5-3-4-10(16-12)11-7-8-15-17(11)13-6-1-2-9-18-13/h3-5,7-8,13H,1-2,6,9H2. The van der Waals surface area contributed by atoms with Crippen LogP contribution in [0.1, 0.15) is 25.5 Å². The fourth-order valence-corrected chi connectivity index (χ4v) is 2.56. The third-order valence-corrected chi connectivity index (χ3v) is 3.52. The number of nitrogens with zero attached hydrogens (tertiary/aromatic N) is 3. The maximum atomic E-state index is 5.78. The summed E-state index contributed by atoms with van der Waals surface area (Å²) in [5.41, 5.74) is 1.92. The molecule has 4 nitrogen and oxygen atoms in total. The molecule has 0 N–H and O–H groups in total. The van der Waals surface area contributed by atoms with E-state index >= 15 is 0 Å². The molecule has 1 aliphatic rings. The maximum Gasteiger partial charge on any atom is 0.150 e. The summed E-state index contributed by atoms with van der Waals surface area (Å²) in [7, 11) is 0. The molecule has 0 amide bonds. The number of aromatic nitrogens is 3. The van der Waals surface area contributed by atoms with Crippen LogP contribution in [0.2, 0.25) is 0 Å². The van der Waals surface area contributed by atoms with E-state index in [1.54, 1.807) is 6.20 Å². The normalized spacial score (nSPS) is 19.9. The lowest BCUT2D eigenvalue weighted by molar-refractivity contribution is -0.0384. The van der Waals surface area contributed by atoms with Crippen LogP contribution in [-0.2, 0) is 4.74 Å². The number of ether oxygens (including phenoxy) is 1. The first-order valence-corrected chi connectivity index (χ1v) is 6.92. The van der Waals surface area contributed by atoms with Crippen LogP contribution in [0.5, 0.6) is 0 Å². The molecule has 0 spiro atoms. The van der Waals surface area contributed by atoms with E-state index in [0.29, 0.717) is 0 Å². The van der Waals surface area contributed by atoms with Crippen LogP contribution in [-0.4, -0.2) is 21.4 Å². The van der Waals surface area contributed by atoms with Gasteiger partial charge in [0.05, 0.1) is 11.4 Å². The fourth-order valence-electron chi connectivity index (χ4n) is 2.21. The number of halogens is 1. The molecule has 3 heterocycles. The molecule has 94 valence electrons. The summed E-state index contributed by atoms with van der Waals surface area (Å²) >= 11 is 3.40. The third kappa shape index (κ3) is 2.33. The molecule has 2 aromatic heterocycles. The highest BCUT2D eigenvalue weighted by Crippen LogP contribution is 2.27. The summed E-state index contributed by atoms with van der Waals surface area (Å²) < 4.78 is 8.54. The van der Waals surface area contributed by atoms with Gasteiger partial charge in [0.1, 0.15) is 4.60 Å². The Morgan fingerprint density at radius 3 is 3.00 bits per heavy atom. The summed E-state index contributed by atoms with van der Waals surface area (Å²) in [6.07, 6.45) is 5.20. The Morgan fingerprint density at radius 2 is 2.22 bits per heavy atom. The zero-order chi connectivity index (χ0) is 12.4. The first-order chi connectivity index (χ1) is 8.84. The van der Waals surface area contributed by atoms with E-state index in [0.717, 1.165) is 35.4 Å². The molecule has 0 radical (unpaired) electrons. The van der Waals surface area contributed by atoms with Crippen molar-refractivity contribution in [3.8, 4) is 11.4 Å². The Kier molecular flexibility index (Phi) is 3.43. The monoisotopic (exact) mass is 307 g/mol. The molecule has 1 fully saturated rings. The Morgan fingerprint density at radius 1 is 1.28 bits per heavy atom. The minimum absolute atomic E-state index is 0.0459. The van der Waals surface area contributed by atoms with Crippen LogP contribution >= 0.6 is 15.9 Å². The highest BCUT2D eigenvalue weighted by Gasteiger charge is 2.19. The van der Waals surface area contributed by atoms with Crippen molar-refractivity contribution in [1.29, 1.82) is 0 Å². The quantitative estimate of drug-likeness (QED) is 0.798. The summed E-state index contributed by atoms with van der Waals surface area (Å²) in [6.45, 7) is 0.815. The van der Waals surface area contributed by atoms with E-state index in [4.69, 9.17) is 4.74 Å². The molecule has 1 aliphatic heterocycles. The molecule has 18 heavy (non-hydrogen) atoms. The van der Waals surface area contributed by atoms with Gasteiger partial charge in [0.25, 0.3) is 0 Å². The van der Waals surface area contributed by atoms with E-state index < -0.39 is 0 Å². The second kappa shape index (κ2) is 5.20. The van der Waals surface area contributed by atoms with Crippen LogP contribution < -0.4 is 0 Å². The Balaban J connectivity index is 1.95. The van der Waals surface area contributed by atoms with Crippen molar-refractivity contribution in [3.63, 3.8) is 0 Å². The van der Waals surface area contributed by atoms with E-state index in [1.807, 2.05) is 28.9 Å². The molecule has 3 rings (SSSR count). The van der Waals surface area contributed by atoms with Gasteiger partial charge < -0.3 is 4.74 Å². The zero-order valence-corrected chi connectivity index (χ0v) is 11.5. The van der Waals surface area contributed by atoms with E-state index in [-0.39, 0.29) is 6.23 Å². The largest absolute Gasteiger partial charge is 0.356 e. The van der Waals surface area contributed by atoms with Crippen molar-refractivity contribution >= 4 is 15.9 Å². The predicted octanol–water partition coefficient (Wildman–Crippen LogP) is 3.41. The molecule has 0 bridgehead atoms. The van der Waals surface area contributed by atoms with Crippen LogP contribution in [0.25, 0.3) is 11.4 Å². The maximum absolute atomic E-state index is 5.78. The SMILES string of the molecule is Brc1cccc(-c2ccnn2C2CCCCO2)n1. The van der Waals surface area contributed by atoms with Crippen molar-refractivity contribution in [1.82, 2.24) is 14.8 Å². The van der Waals surface area contributed by atoms with Crippen molar-refractivity contribution in [2.45, 2.75) is 25.5 Å². The number of rotatable bonds is 2.